The van der Waals surface area contributed by atoms with E-state index >= 15 is 0 Å². The van der Waals surface area contributed by atoms with E-state index < -0.39 is 35.1 Å². The number of guanidine groups is 1. The molecule has 6 nitrogen and oxygen atoms in total. The number of nitrogens with one attached hydrogen (secondary N) is 2. The Morgan fingerprint density at radius 2 is 1.80 bits per heavy atom. The number of hydrogen-bond donors (Lipinski definition) is 2. The van der Waals surface area contributed by atoms with Crippen LogP contribution >= 0.6 is 11.6 Å². The molecule has 0 spiro atoms. The second-order valence-electron chi connectivity index (χ2n) is 9.69. The Kier molecular flexibility index (Phi) is 7.71. The van der Waals surface area contributed by atoms with Crippen molar-refractivity contribution in [1.82, 2.24) is 10.6 Å². The van der Waals surface area contributed by atoms with Crippen molar-refractivity contribution in [3.63, 3.8) is 0 Å². The Bertz CT molecular complexity index is 1150. The second kappa shape index (κ2) is 10.1. The van der Waals surface area contributed by atoms with E-state index in [9.17, 15) is 18.0 Å². The number of anilines is 1. The smallest absolute Gasteiger partial charge is 0.258 e. The molecule has 2 unspecified atom stereocenters. The highest BCUT2D eigenvalue weighted by atomic mass is 35.5. The molecule has 0 radical (unpaired) electrons. The average Bonchev–Trinajstić information content (AvgIpc) is 2.97. The fraction of sp³-hybridized carbons (Fsp3) is 0.440. The van der Waals surface area contributed by atoms with Gasteiger partial charge in [0.05, 0.1) is 17.6 Å². The van der Waals surface area contributed by atoms with Crippen molar-refractivity contribution in [2.75, 3.05) is 25.1 Å². The van der Waals surface area contributed by atoms with Gasteiger partial charge in [-0.3, -0.25) is 10.1 Å². The SMILES string of the molecule is CCC[N+]1(CC)C(N=C(NC(=O)c2ccc(F)c(F)c2)NC(C)(C)C)c2cc(F)c(Cl)cc2N1C. The van der Waals surface area contributed by atoms with Crippen molar-refractivity contribution >= 4 is 29.2 Å². The number of rotatable bonds is 5. The molecular weight excluding hydrogens is 479 g/mol. The van der Waals surface area contributed by atoms with Gasteiger partial charge in [-0.1, -0.05) is 18.5 Å². The van der Waals surface area contributed by atoms with Gasteiger partial charge in [0, 0.05) is 11.1 Å². The van der Waals surface area contributed by atoms with Crippen molar-refractivity contribution < 1.29 is 22.6 Å². The summed E-state index contributed by atoms with van der Waals surface area (Å²) in [4.78, 5) is 17.8. The zero-order valence-corrected chi connectivity index (χ0v) is 21.6. The van der Waals surface area contributed by atoms with Gasteiger partial charge in [-0.05, 0) is 64.4 Å². The third-order valence-electron chi connectivity index (χ3n) is 6.07. The van der Waals surface area contributed by atoms with Crippen LogP contribution in [0, 0.1) is 17.5 Å². The number of amides is 1. The molecule has 1 heterocycles. The van der Waals surface area contributed by atoms with E-state index in [1.807, 2.05) is 39.8 Å². The molecule has 0 bridgehead atoms. The number of carbonyl (C=O) groups is 1. The first kappa shape index (κ1) is 26.8. The summed E-state index contributed by atoms with van der Waals surface area (Å²) in [6.45, 7) is 11.1. The molecule has 35 heavy (non-hydrogen) atoms. The fourth-order valence-electron chi connectivity index (χ4n) is 4.45. The molecule has 0 saturated carbocycles. The topological polar surface area (TPSA) is 56.7 Å². The molecule has 10 heteroatoms. The highest BCUT2D eigenvalue weighted by Crippen LogP contribution is 2.47. The van der Waals surface area contributed by atoms with Crippen LogP contribution in [0.2, 0.25) is 5.02 Å². The highest BCUT2D eigenvalue weighted by molar-refractivity contribution is 6.31. The summed E-state index contributed by atoms with van der Waals surface area (Å²) in [5.74, 6) is -3.23. The molecule has 0 saturated heterocycles. The summed E-state index contributed by atoms with van der Waals surface area (Å²) < 4.78 is 42.0. The number of hydrogen-bond acceptors (Lipinski definition) is 3. The third-order valence-corrected chi connectivity index (χ3v) is 6.36. The molecule has 1 aliphatic rings. The molecule has 2 aromatic rings. The van der Waals surface area contributed by atoms with Crippen LogP contribution < -0.4 is 15.6 Å². The first-order chi connectivity index (χ1) is 16.3. The molecule has 2 atom stereocenters. The van der Waals surface area contributed by atoms with Crippen LogP contribution in [0.1, 0.15) is 63.1 Å². The minimum Gasteiger partial charge on any atom is -0.351 e. The lowest BCUT2D eigenvalue weighted by Crippen LogP contribution is -2.58. The maximum absolute atomic E-state index is 14.6. The third kappa shape index (κ3) is 5.41. The standard InChI is InChI=1S/C25H31ClF3N5O/c1-7-11-34(8-2)22(16-13-19(28)17(26)14-21(16)33(34)6)30-24(32-25(3,4)5)31-23(35)15-9-10-18(27)20(29)12-15/h9-10,12-14,22H,7-8,11H2,1-6H3,(H-,30,31,32,35)/p+1. The maximum Gasteiger partial charge on any atom is 0.258 e. The van der Waals surface area contributed by atoms with E-state index in [0.29, 0.717) is 23.2 Å². The summed E-state index contributed by atoms with van der Waals surface area (Å²) >= 11 is 6.10. The first-order valence-corrected chi connectivity index (χ1v) is 11.9. The minimum atomic E-state index is -1.12. The van der Waals surface area contributed by atoms with Crippen LogP contribution in [-0.2, 0) is 0 Å². The van der Waals surface area contributed by atoms with Gasteiger partial charge in [-0.2, -0.15) is 9.58 Å². The van der Waals surface area contributed by atoms with Crippen LogP contribution in [0.25, 0.3) is 0 Å². The number of nitrogens with zero attached hydrogens (tertiary/aromatic N) is 3. The summed E-state index contributed by atoms with van der Waals surface area (Å²) in [6, 6.07) is 5.91. The average molecular weight is 511 g/mol. The molecule has 2 N–H and O–H groups in total. The van der Waals surface area contributed by atoms with E-state index in [1.165, 1.54) is 12.1 Å². The van der Waals surface area contributed by atoms with Crippen LogP contribution in [0.15, 0.2) is 35.3 Å². The number of fused-ring (bicyclic) bond motifs is 1. The number of halogens is 4. The van der Waals surface area contributed by atoms with Gasteiger partial charge in [0.1, 0.15) is 24.6 Å². The van der Waals surface area contributed by atoms with Gasteiger partial charge >= 0.3 is 0 Å². The molecule has 0 aromatic heterocycles. The van der Waals surface area contributed by atoms with Crippen molar-refractivity contribution in [3.8, 4) is 0 Å². The molecule has 190 valence electrons. The number of carbonyl (C=O) groups excluding carboxylic acids is 1. The largest absolute Gasteiger partial charge is 0.351 e. The van der Waals surface area contributed by atoms with E-state index in [1.54, 1.807) is 6.07 Å². The maximum atomic E-state index is 14.6. The summed E-state index contributed by atoms with van der Waals surface area (Å²) in [5, 5.41) is 7.94. The summed E-state index contributed by atoms with van der Waals surface area (Å²) in [6.07, 6.45) is 0.249. The van der Waals surface area contributed by atoms with Gasteiger partial charge in [0.15, 0.2) is 11.6 Å². The van der Waals surface area contributed by atoms with Gasteiger partial charge < -0.3 is 5.32 Å². The Labute approximate surface area is 209 Å². The monoisotopic (exact) mass is 510 g/mol. The molecule has 0 fully saturated rings. The summed E-state index contributed by atoms with van der Waals surface area (Å²) in [7, 11) is 1.92. The van der Waals surface area contributed by atoms with Crippen molar-refractivity contribution in [2.24, 2.45) is 4.99 Å². The van der Waals surface area contributed by atoms with Crippen LogP contribution in [0.3, 0.4) is 0 Å². The molecule has 2 aromatic carbocycles. The zero-order chi connectivity index (χ0) is 26.1. The molecule has 3 rings (SSSR count). The Morgan fingerprint density at radius 3 is 2.37 bits per heavy atom. The highest BCUT2D eigenvalue weighted by Gasteiger charge is 2.50. The molecule has 1 amide bonds. The first-order valence-electron chi connectivity index (χ1n) is 11.5. The Hall–Kier alpha value is -2.78. The minimum absolute atomic E-state index is 0.0191. The predicted octanol–water partition coefficient (Wildman–Crippen LogP) is 5.54. The lowest BCUT2D eigenvalue weighted by Gasteiger charge is -2.42. The lowest BCUT2D eigenvalue weighted by molar-refractivity contribution is -0.955. The van der Waals surface area contributed by atoms with Crippen molar-refractivity contribution in [2.45, 2.75) is 52.7 Å². The Morgan fingerprint density at radius 1 is 1.11 bits per heavy atom. The van der Waals surface area contributed by atoms with Gasteiger partial charge in [0.25, 0.3) is 5.91 Å². The number of benzene rings is 2. The summed E-state index contributed by atoms with van der Waals surface area (Å²) in [5.41, 5.74) is 0.840. The van der Waals surface area contributed by atoms with E-state index in [2.05, 4.69) is 17.6 Å². The quantitative estimate of drug-likeness (QED) is 0.315. The van der Waals surface area contributed by atoms with E-state index in [-0.39, 0.29) is 16.5 Å². The molecule has 1 aliphatic heterocycles. The fourth-order valence-corrected chi connectivity index (χ4v) is 4.60. The normalized spacial score (nSPS) is 20.1. The Balaban J connectivity index is 2.12. The van der Waals surface area contributed by atoms with Gasteiger partial charge in [0.2, 0.25) is 12.1 Å². The van der Waals surface area contributed by atoms with E-state index in [0.717, 1.165) is 24.2 Å². The van der Waals surface area contributed by atoms with Crippen LogP contribution in [-0.4, -0.2) is 42.1 Å². The van der Waals surface area contributed by atoms with Crippen molar-refractivity contribution in [3.05, 3.63) is 63.9 Å². The van der Waals surface area contributed by atoms with Crippen LogP contribution in [0.4, 0.5) is 18.9 Å². The van der Waals surface area contributed by atoms with Gasteiger partial charge in [-0.25, -0.2) is 18.2 Å². The van der Waals surface area contributed by atoms with Crippen molar-refractivity contribution in [1.29, 1.82) is 0 Å². The van der Waals surface area contributed by atoms with Crippen LogP contribution in [0.5, 0.6) is 0 Å². The number of quaternary nitrogens is 1. The molecule has 0 aliphatic carbocycles. The van der Waals surface area contributed by atoms with Gasteiger partial charge in [-0.15, -0.1) is 0 Å². The second-order valence-corrected chi connectivity index (χ2v) is 10.1. The molecular formula is C25H32ClF3N5O+. The number of aliphatic imine (C=N–C) groups is 1. The predicted molar refractivity (Wildman–Crippen MR) is 133 cm³/mol. The zero-order valence-electron chi connectivity index (χ0n) is 20.8. The lowest BCUT2D eigenvalue weighted by atomic mass is 10.1. The van der Waals surface area contributed by atoms with E-state index in [4.69, 9.17) is 16.6 Å².